The van der Waals surface area contributed by atoms with Gasteiger partial charge in [-0.2, -0.15) is 0 Å². The molecule has 0 amide bonds. The summed E-state index contributed by atoms with van der Waals surface area (Å²) < 4.78 is 5.97. The zero-order valence-corrected chi connectivity index (χ0v) is 91.5. The summed E-state index contributed by atoms with van der Waals surface area (Å²) in [5.74, 6) is 15.7. The SMILES string of the molecule is C.C=C(C)[C@@H]1CC[C@]2(C(=C)O)CC[C@]3(C)C(CC[C@@H]4[C@@]5(C)CCC(=O)[C@@](C)(CO)[C@@H]5CC[C@]43C)[C@@H]12.C=C(C)[C@@H]1CC[C@]2(C(=C)OC)CC[C@]3(C)C(CC[C@@H]4[C@@]5(C)CCC(C)[C@@](C)(CC)[C@@H]5CC[C@]43C)[C@@H]12.C=C(C)[C@@H]1CC[C@]2(CC)CC[C@]3(C)C(CC[C@@H]4[C@@]5(C)CCC(O)[C@@](C)(CO)[C@@H]5CC[C@]43C)[C@@H]12.C=C[C@]12CC[C@@H](C(=C)C)[C@@H]1C1CC[C@@H]3[C@@]4(C)CCC(=O)[C@@](C)(CO)[C@@H]4CC[C@@]3(C)[C@]1(C)CC2. The number of Topliss-reactive ketones (excluding diaryl/α,β-unsaturated/α-hetero) is 2. The summed E-state index contributed by atoms with van der Waals surface area (Å²) >= 11 is 0. The highest BCUT2D eigenvalue weighted by Crippen LogP contribution is 2.85. The molecule has 5 N–H and O–H groups in total. The van der Waals surface area contributed by atoms with Gasteiger partial charge < -0.3 is 30.3 Å². The predicted molar refractivity (Wildman–Crippen MR) is 565 cm³/mol. The maximum atomic E-state index is 13.0. The van der Waals surface area contributed by atoms with Crippen molar-refractivity contribution < 1.29 is 39.9 Å². The molecule has 6 unspecified atom stereocenters. The molecule has 42 atom stereocenters. The number of carbonyl (C=O) groups excluding carboxylic acids is 2. The van der Waals surface area contributed by atoms with Crippen molar-refractivity contribution in [2.75, 3.05) is 26.9 Å². The van der Waals surface area contributed by atoms with Crippen molar-refractivity contribution in [2.45, 2.75) is 442 Å². The molecule has 0 saturated heterocycles. The molecule has 0 aromatic carbocycles. The van der Waals surface area contributed by atoms with Gasteiger partial charge in [-0.05, 0) is 477 Å². The van der Waals surface area contributed by atoms with Crippen LogP contribution in [-0.2, 0) is 14.3 Å². The summed E-state index contributed by atoms with van der Waals surface area (Å²) in [6.07, 6.45) is 53.5. The number of ether oxygens (including phenoxy) is 1. The molecule has 0 spiro atoms. The number of aliphatic hydroxyl groups excluding tert-OH is 5. The predicted octanol–water partition coefficient (Wildman–Crippen LogP) is 32.5. The van der Waals surface area contributed by atoms with Gasteiger partial charge in [-0.3, -0.25) is 9.59 Å². The lowest BCUT2D eigenvalue weighted by atomic mass is 9.31. The highest BCUT2D eigenvalue weighted by molar-refractivity contribution is 5.86. The first-order valence-corrected chi connectivity index (χ1v) is 57.5. The van der Waals surface area contributed by atoms with Gasteiger partial charge in [0.1, 0.15) is 11.6 Å². The molecular weight excluding hydrogens is 1670 g/mol. The van der Waals surface area contributed by atoms with E-state index in [4.69, 9.17) is 4.74 Å². The largest absolute Gasteiger partial charge is 0.512 e. The summed E-state index contributed by atoms with van der Waals surface area (Å²) in [4.78, 5) is 26.0. The second-order valence-corrected chi connectivity index (χ2v) is 58.3. The molecule has 20 saturated carbocycles. The number of hydrogen-bond acceptors (Lipinski definition) is 8. The normalized spacial score (nSPS) is 55.4. The molecule has 20 rings (SSSR count). The zero-order valence-electron chi connectivity index (χ0n) is 91.5. The van der Waals surface area contributed by atoms with Crippen LogP contribution in [0.3, 0.4) is 0 Å². The van der Waals surface area contributed by atoms with Gasteiger partial charge in [0, 0.05) is 29.1 Å². The number of allylic oxidation sites excluding steroid dienone is 7. The van der Waals surface area contributed by atoms with Crippen LogP contribution in [-0.4, -0.2) is 70.1 Å². The van der Waals surface area contributed by atoms with Crippen molar-refractivity contribution in [1.29, 1.82) is 0 Å². The van der Waals surface area contributed by atoms with Gasteiger partial charge in [0.05, 0.1) is 55.4 Å². The lowest BCUT2D eigenvalue weighted by Gasteiger charge is -2.73. The van der Waals surface area contributed by atoms with Crippen molar-refractivity contribution in [3.63, 3.8) is 0 Å². The highest BCUT2D eigenvalue weighted by atomic mass is 16.5. The van der Waals surface area contributed by atoms with E-state index in [-0.39, 0.29) is 88.4 Å². The van der Waals surface area contributed by atoms with Gasteiger partial charge in [0.25, 0.3) is 0 Å². The molecular formula is C128H208O8. The van der Waals surface area contributed by atoms with Crippen molar-refractivity contribution in [2.24, 2.45) is 233 Å². The van der Waals surface area contributed by atoms with Crippen LogP contribution in [0.1, 0.15) is 436 Å². The second kappa shape index (κ2) is 35.1. The van der Waals surface area contributed by atoms with Crippen LogP contribution in [0.2, 0.25) is 0 Å². The fourth-order valence-corrected chi connectivity index (χ4v) is 47.2. The Morgan fingerprint density at radius 3 is 1.10 bits per heavy atom. The quantitative estimate of drug-likeness (QED) is 0.0906. The van der Waals surface area contributed by atoms with Gasteiger partial charge in [-0.25, -0.2) is 0 Å². The average Bonchev–Trinajstić information content (AvgIpc) is 1.14. The molecule has 20 fully saturated rings. The van der Waals surface area contributed by atoms with Crippen molar-refractivity contribution in [1.82, 2.24) is 0 Å². The second-order valence-electron chi connectivity index (χ2n) is 58.3. The minimum absolute atomic E-state index is 0. The Morgan fingerprint density at radius 1 is 0.353 bits per heavy atom. The number of ketones is 2. The molecule has 0 aliphatic heterocycles. The fourth-order valence-electron chi connectivity index (χ4n) is 47.2. The lowest BCUT2D eigenvalue weighted by molar-refractivity contribution is -0.254. The summed E-state index contributed by atoms with van der Waals surface area (Å²) in [6.45, 7) is 88.3. The minimum Gasteiger partial charge on any atom is -0.512 e. The lowest BCUT2D eigenvalue weighted by Crippen LogP contribution is -2.67. The van der Waals surface area contributed by atoms with Crippen molar-refractivity contribution >= 4 is 11.6 Å². The standard InChI is InChI=1S/C34H56O.C31H48O3.C31H52O2.C31H48O2.CH4/c1-11-30(6)23(4)14-17-31(7)27(30)16-18-33(9)28(31)13-12-26-29-25(22(2)3)15-19-34(29,24(5)35-10)21-20-32(26,33)8;1-19(2)21-10-15-31(20(3)33)17-16-29(6)22(26(21)31)8-9-24-27(4)13-12-25(34)28(5,18-32)23(27)11-14-30(24,29)7;2*1-8-31-16-11-21(20(2)3)26(31)22-9-10-24-27(4)14-13-25(33)28(5,19-32)23(27)12-15-30(24,7)29(22,6)17-18-31;/h23,25-29H,2,5,11-21H2,1,3-4,6-10H3;21-24,26,32-33H,1,3,8-18H2,2,4-7H3;21-26,32-33H,2,8-19H2,1,3-7H3;8,21-24,26,32H,1-2,9-19H2,3-7H3;1H4/t23?,25-,26?,27-,28+,29+,30+,31-,32+,33+,34+;21-,22?,23+,24+,26+,27-,28-,29+,30+,31+;21-,22?,23+,24+,25?,26+,27-,28-,29+,30+,31+;21-,22?,23+,24+,26+,27-,28-,29+,30+,31+;/m0000./s1. The van der Waals surface area contributed by atoms with Crippen LogP contribution >= 0.6 is 0 Å². The Kier molecular flexibility index (Phi) is 27.3. The van der Waals surface area contributed by atoms with E-state index in [2.05, 4.69) is 204 Å². The Labute approximate surface area is 834 Å². The molecule has 8 nitrogen and oxygen atoms in total. The molecule has 0 heterocycles. The molecule has 0 aromatic heterocycles. The smallest absolute Gasteiger partial charge is 0.141 e. The van der Waals surface area contributed by atoms with Gasteiger partial charge in [-0.15, -0.1) is 6.58 Å². The summed E-state index contributed by atoms with van der Waals surface area (Å²) in [5, 5.41) is 53.1. The summed E-state index contributed by atoms with van der Waals surface area (Å²) in [6, 6.07) is 0. The van der Waals surface area contributed by atoms with Crippen LogP contribution in [0.15, 0.2) is 85.9 Å². The Hall–Kier alpha value is -3.04. The summed E-state index contributed by atoms with van der Waals surface area (Å²) in [5.41, 5.74) is 9.15. The van der Waals surface area contributed by atoms with E-state index in [9.17, 15) is 35.1 Å². The van der Waals surface area contributed by atoms with E-state index in [0.29, 0.717) is 150 Å². The van der Waals surface area contributed by atoms with Crippen LogP contribution in [0.25, 0.3) is 0 Å². The number of methoxy groups -OCH3 is 1. The number of aliphatic hydroxyl groups is 5. The Bertz CT molecular complexity index is 4620. The van der Waals surface area contributed by atoms with Crippen LogP contribution < -0.4 is 0 Å². The third-order valence-electron chi connectivity index (χ3n) is 56.0. The molecule has 0 bridgehead atoms. The number of hydrogen-bond donors (Lipinski definition) is 5. The number of rotatable bonds is 13. The molecule has 20 aliphatic rings. The van der Waals surface area contributed by atoms with Crippen LogP contribution in [0.4, 0.5) is 0 Å². The molecule has 0 aromatic rings. The third kappa shape index (κ3) is 13.8. The van der Waals surface area contributed by atoms with Gasteiger partial charge in [0.15, 0.2) is 0 Å². The maximum Gasteiger partial charge on any atom is 0.141 e. The molecule has 136 heavy (non-hydrogen) atoms. The molecule has 768 valence electrons. The first-order chi connectivity index (χ1) is 63.0. The van der Waals surface area contributed by atoms with E-state index in [1.807, 2.05) is 14.0 Å². The molecule has 20 aliphatic carbocycles. The Morgan fingerprint density at radius 2 is 0.699 bits per heavy atom. The maximum absolute atomic E-state index is 13.0. The van der Waals surface area contributed by atoms with E-state index < -0.39 is 10.8 Å². The van der Waals surface area contributed by atoms with E-state index >= 15 is 0 Å². The van der Waals surface area contributed by atoms with Gasteiger partial charge in [-0.1, -0.05) is 220 Å². The number of fused-ring (bicyclic) bond motifs is 28. The number of carbonyl (C=O) groups is 2. The Balaban J connectivity index is 0.000000131. The van der Waals surface area contributed by atoms with Gasteiger partial charge >= 0.3 is 0 Å². The minimum atomic E-state index is -0.584. The van der Waals surface area contributed by atoms with Crippen LogP contribution in [0, 0.1) is 233 Å². The third-order valence-corrected chi connectivity index (χ3v) is 56.0. The fraction of sp³-hybridized carbons (Fsp3) is 0.875. The monoisotopic (exact) mass is 1870 g/mol. The molecule has 0 radical (unpaired) electrons. The topological polar surface area (TPSA) is 145 Å². The van der Waals surface area contributed by atoms with E-state index in [1.54, 1.807) is 0 Å². The zero-order chi connectivity index (χ0) is 98.6. The first kappa shape index (κ1) is 106. The van der Waals surface area contributed by atoms with E-state index in [1.165, 1.54) is 208 Å². The first-order valence-electron chi connectivity index (χ1n) is 57.5. The average molecular weight is 1880 g/mol. The molecule has 8 heteroatoms. The highest BCUT2D eigenvalue weighted by Gasteiger charge is 2.78. The summed E-state index contributed by atoms with van der Waals surface area (Å²) in [7, 11) is 1.87. The van der Waals surface area contributed by atoms with Crippen LogP contribution in [0.5, 0.6) is 0 Å². The van der Waals surface area contributed by atoms with E-state index in [0.717, 1.165) is 124 Å². The van der Waals surface area contributed by atoms with Gasteiger partial charge in [0.2, 0.25) is 0 Å². The van der Waals surface area contributed by atoms with Crippen molar-refractivity contribution in [3.05, 3.63) is 85.9 Å². The van der Waals surface area contributed by atoms with Crippen molar-refractivity contribution in [3.8, 4) is 0 Å².